The second-order valence-corrected chi connectivity index (χ2v) is 11.4. The van der Waals surface area contributed by atoms with Crippen LogP contribution in [0, 0.1) is 39.9 Å². The Bertz CT molecular complexity index is 642. The van der Waals surface area contributed by atoms with E-state index in [1.165, 1.54) is 52.1 Å². The van der Waals surface area contributed by atoms with Gasteiger partial charge in [-0.15, -0.1) is 0 Å². The molecule has 7 unspecified atom stereocenters. The maximum Gasteiger partial charge on any atom is 0.305 e. The molecule has 172 valence electrons. The van der Waals surface area contributed by atoms with E-state index in [1.54, 1.807) is 0 Å². The van der Waals surface area contributed by atoms with Crippen LogP contribution in [0.4, 0.5) is 0 Å². The number of hydrogen-bond donors (Lipinski definition) is 0. The Labute approximate surface area is 185 Å². The number of ketones is 1. The van der Waals surface area contributed by atoms with Crippen LogP contribution in [0.2, 0.25) is 0 Å². The first-order valence-corrected chi connectivity index (χ1v) is 12.8. The molecular formula is C27H46O3. The van der Waals surface area contributed by atoms with Crippen LogP contribution < -0.4 is 0 Å². The Kier molecular flexibility index (Phi) is 7.09. The molecule has 4 rings (SSSR count). The molecule has 0 radical (unpaired) electrons. The van der Waals surface area contributed by atoms with Crippen LogP contribution in [-0.4, -0.2) is 18.9 Å². The van der Waals surface area contributed by atoms with Gasteiger partial charge in [0.15, 0.2) is 0 Å². The average molecular weight is 419 g/mol. The summed E-state index contributed by atoms with van der Waals surface area (Å²) in [6.07, 6.45) is 13.5. The minimum atomic E-state index is -0.0604. The van der Waals surface area contributed by atoms with E-state index in [0.29, 0.717) is 23.0 Å². The van der Waals surface area contributed by atoms with Crippen molar-refractivity contribution in [3.8, 4) is 0 Å². The second kappa shape index (κ2) is 8.94. The van der Waals surface area contributed by atoms with Crippen LogP contribution in [0.1, 0.15) is 112 Å². The molecule has 4 fully saturated rings. The van der Waals surface area contributed by atoms with Gasteiger partial charge in [-0.2, -0.15) is 0 Å². The van der Waals surface area contributed by atoms with Gasteiger partial charge in [-0.1, -0.05) is 34.6 Å². The van der Waals surface area contributed by atoms with Crippen LogP contribution >= 0.6 is 0 Å². The summed E-state index contributed by atoms with van der Waals surface area (Å²) >= 11 is 0. The molecule has 7 atom stereocenters. The summed E-state index contributed by atoms with van der Waals surface area (Å²) in [5, 5.41) is 0. The maximum absolute atomic E-state index is 12.2. The Morgan fingerprint density at radius 1 is 1.00 bits per heavy atom. The van der Waals surface area contributed by atoms with E-state index in [4.69, 9.17) is 4.74 Å². The van der Waals surface area contributed by atoms with Gasteiger partial charge in [-0.3, -0.25) is 9.59 Å². The first-order valence-electron chi connectivity index (χ1n) is 12.8. The number of hydrogen-bond acceptors (Lipinski definition) is 3. The lowest BCUT2D eigenvalue weighted by Gasteiger charge is -2.64. The first-order chi connectivity index (χ1) is 14.2. The Balaban J connectivity index is 0.00000124. The highest BCUT2D eigenvalue weighted by Gasteiger charge is 2.63. The molecule has 4 aliphatic rings. The predicted molar refractivity (Wildman–Crippen MR) is 122 cm³/mol. The largest absolute Gasteiger partial charge is 0.469 e. The third-order valence-corrected chi connectivity index (χ3v) is 10.5. The van der Waals surface area contributed by atoms with E-state index in [1.807, 2.05) is 13.8 Å². The predicted octanol–water partition coefficient (Wildman–Crippen LogP) is 6.97. The van der Waals surface area contributed by atoms with E-state index < -0.39 is 0 Å². The van der Waals surface area contributed by atoms with E-state index in [-0.39, 0.29) is 11.4 Å². The van der Waals surface area contributed by atoms with E-state index in [2.05, 4.69) is 20.8 Å². The minimum Gasteiger partial charge on any atom is -0.469 e. The van der Waals surface area contributed by atoms with Gasteiger partial charge < -0.3 is 4.74 Å². The summed E-state index contributed by atoms with van der Waals surface area (Å²) < 4.78 is 4.83. The zero-order chi connectivity index (χ0) is 22.2. The molecule has 4 saturated carbocycles. The molecule has 0 N–H and O–H groups in total. The highest BCUT2D eigenvalue weighted by atomic mass is 16.5. The Morgan fingerprint density at radius 3 is 2.43 bits per heavy atom. The fourth-order valence-corrected chi connectivity index (χ4v) is 8.58. The molecule has 0 aromatic heterocycles. The van der Waals surface area contributed by atoms with Gasteiger partial charge >= 0.3 is 5.97 Å². The third kappa shape index (κ3) is 3.77. The van der Waals surface area contributed by atoms with Crippen molar-refractivity contribution in [2.24, 2.45) is 39.9 Å². The van der Waals surface area contributed by atoms with Crippen LogP contribution in [0.15, 0.2) is 0 Å². The molecule has 0 aliphatic heterocycles. The standard InChI is InChI=1S/C25H40O3.C2H6/c1-23-13-11-19-20-9-8-17(6-5-7-22(27)28-4)24(20,2)14-12-21(19)25(23,3)15-10-18(26)16-23;1-2/h17,19-21H,5-16H2,1-4H3;1-2H3. The molecule has 3 nitrogen and oxygen atoms in total. The zero-order valence-electron chi connectivity index (χ0n) is 20.5. The molecule has 0 saturated heterocycles. The van der Waals surface area contributed by atoms with Crippen molar-refractivity contribution < 1.29 is 14.3 Å². The van der Waals surface area contributed by atoms with Crippen molar-refractivity contribution >= 4 is 11.8 Å². The fourth-order valence-electron chi connectivity index (χ4n) is 8.58. The van der Waals surface area contributed by atoms with E-state index in [9.17, 15) is 9.59 Å². The van der Waals surface area contributed by atoms with Gasteiger partial charge in [0, 0.05) is 19.3 Å². The van der Waals surface area contributed by atoms with Gasteiger partial charge in [0.1, 0.15) is 5.78 Å². The van der Waals surface area contributed by atoms with Crippen molar-refractivity contribution in [1.82, 2.24) is 0 Å². The van der Waals surface area contributed by atoms with Crippen molar-refractivity contribution in [2.75, 3.05) is 7.11 Å². The summed E-state index contributed by atoms with van der Waals surface area (Å²) in [7, 11) is 1.49. The molecule has 3 heteroatoms. The molecule has 0 bridgehead atoms. The zero-order valence-corrected chi connectivity index (χ0v) is 20.5. The molecule has 0 aromatic carbocycles. The SMILES string of the molecule is CC.COC(=O)CCCC1CCC2C3CCC4(C)CC(=O)CCC4(C)C3CCC12C. The first kappa shape index (κ1) is 23.8. The van der Waals surface area contributed by atoms with Crippen LogP contribution in [0.3, 0.4) is 0 Å². The molecule has 4 aliphatic carbocycles. The summed E-state index contributed by atoms with van der Waals surface area (Å²) in [6, 6.07) is 0. The minimum absolute atomic E-state index is 0.0604. The van der Waals surface area contributed by atoms with Gasteiger partial charge in [0.05, 0.1) is 7.11 Å². The topological polar surface area (TPSA) is 43.4 Å². The van der Waals surface area contributed by atoms with Crippen LogP contribution in [0.5, 0.6) is 0 Å². The summed E-state index contributed by atoms with van der Waals surface area (Å²) in [5.41, 5.74) is 1.05. The number of Topliss-reactive ketones (excluding diaryl/α,β-unsaturated/α-hetero) is 1. The number of carbonyl (C=O) groups excluding carboxylic acids is 2. The van der Waals surface area contributed by atoms with Crippen molar-refractivity contribution in [1.29, 1.82) is 0 Å². The highest BCUT2D eigenvalue weighted by molar-refractivity contribution is 5.80. The quantitative estimate of drug-likeness (QED) is 0.463. The molecule has 0 spiro atoms. The fraction of sp³-hybridized carbons (Fsp3) is 0.926. The number of fused-ring (bicyclic) bond motifs is 5. The molecule has 0 aromatic rings. The van der Waals surface area contributed by atoms with Gasteiger partial charge in [0.2, 0.25) is 0 Å². The number of rotatable bonds is 4. The lowest BCUT2D eigenvalue weighted by atomic mass is 9.40. The van der Waals surface area contributed by atoms with Crippen LogP contribution in [-0.2, 0) is 14.3 Å². The second-order valence-electron chi connectivity index (χ2n) is 11.4. The molecular weight excluding hydrogens is 372 g/mol. The summed E-state index contributed by atoms with van der Waals surface area (Å²) in [4.78, 5) is 23.8. The number of ether oxygens (including phenoxy) is 1. The van der Waals surface area contributed by atoms with Gasteiger partial charge in [-0.25, -0.2) is 0 Å². The average Bonchev–Trinajstić information content (AvgIpc) is 3.07. The Hall–Kier alpha value is -0.860. The number of esters is 1. The van der Waals surface area contributed by atoms with Crippen LogP contribution in [0.25, 0.3) is 0 Å². The maximum atomic E-state index is 12.2. The van der Waals surface area contributed by atoms with Gasteiger partial charge in [-0.05, 0) is 97.7 Å². The van der Waals surface area contributed by atoms with Crippen molar-refractivity contribution in [3.05, 3.63) is 0 Å². The lowest BCUT2D eigenvalue weighted by Crippen LogP contribution is -2.57. The summed E-state index contributed by atoms with van der Waals surface area (Å²) in [5.74, 6) is 3.74. The molecule has 0 heterocycles. The lowest BCUT2D eigenvalue weighted by molar-refractivity contribution is -0.163. The third-order valence-electron chi connectivity index (χ3n) is 10.5. The van der Waals surface area contributed by atoms with Crippen molar-refractivity contribution in [3.63, 3.8) is 0 Å². The smallest absolute Gasteiger partial charge is 0.305 e. The van der Waals surface area contributed by atoms with E-state index >= 15 is 0 Å². The molecule has 30 heavy (non-hydrogen) atoms. The summed E-state index contributed by atoms with van der Waals surface area (Å²) in [6.45, 7) is 11.5. The van der Waals surface area contributed by atoms with Crippen molar-refractivity contribution in [2.45, 2.75) is 112 Å². The van der Waals surface area contributed by atoms with Gasteiger partial charge in [0.25, 0.3) is 0 Å². The monoisotopic (exact) mass is 418 g/mol. The Morgan fingerprint density at radius 2 is 1.73 bits per heavy atom. The molecule has 0 amide bonds. The van der Waals surface area contributed by atoms with E-state index in [0.717, 1.165) is 49.4 Å². The highest BCUT2D eigenvalue weighted by Crippen LogP contribution is 2.70. The normalized spacial score (nSPS) is 44.8. The number of carbonyl (C=O) groups is 2. The number of methoxy groups -OCH3 is 1.